The summed E-state index contributed by atoms with van der Waals surface area (Å²) >= 11 is 0. The second-order valence-electron chi connectivity index (χ2n) is 7.01. The van der Waals surface area contributed by atoms with Crippen LogP contribution in [0.1, 0.15) is 23.6 Å². The van der Waals surface area contributed by atoms with E-state index in [-0.39, 0.29) is 5.82 Å². The van der Waals surface area contributed by atoms with E-state index < -0.39 is 0 Å². The number of halogens is 1. The van der Waals surface area contributed by atoms with Crippen molar-refractivity contribution in [3.05, 3.63) is 95.8 Å². The van der Waals surface area contributed by atoms with Crippen LogP contribution in [0.25, 0.3) is 0 Å². The standard InChI is InChI=1S/C26H28FNO3/c1-4-6-21-15-20(17-28-23-11-13-24(14-12-23)30-5-2)16-25(29-3)26(21)31-18-19-7-9-22(27)10-8-19/h4,7-16,28H,1,5-6,17-18H2,2-3H3. The lowest BCUT2D eigenvalue weighted by atomic mass is 10.1. The number of allylic oxidation sites excluding steroid dienone is 1. The molecule has 0 aliphatic carbocycles. The van der Waals surface area contributed by atoms with E-state index in [1.165, 1.54) is 12.1 Å². The third-order valence-corrected chi connectivity index (χ3v) is 4.73. The Morgan fingerprint density at radius 3 is 2.35 bits per heavy atom. The molecule has 3 aromatic rings. The normalized spacial score (nSPS) is 10.4. The second-order valence-corrected chi connectivity index (χ2v) is 7.01. The molecule has 1 N–H and O–H groups in total. The Balaban J connectivity index is 1.74. The molecule has 0 saturated carbocycles. The van der Waals surface area contributed by atoms with E-state index in [9.17, 15) is 4.39 Å². The summed E-state index contributed by atoms with van der Waals surface area (Å²) in [5.41, 5.74) is 3.94. The number of ether oxygens (including phenoxy) is 3. The molecule has 0 saturated heterocycles. The molecular formula is C26H28FNO3. The van der Waals surface area contributed by atoms with E-state index in [1.807, 2.05) is 43.3 Å². The van der Waals surface area contributed by atoms with Gasteiger partial charge in [-0.25, -0.2) is 4.39 Å². The molecule has 0 heterocycles. The van der Waals surface area contributed by atoms with Crippen LogP contribution in [-0.4, -0.2) is 13.7 Å². The van der Waals surface area contributed by atoms with Gasteiger partial charge in [0.2, 0.25) is 0 Å². The van der Waals surface area contributed by atoms with Crippen molar-refractivity contribution >= 4 is 5.69 Å². The Labute approximate surface area is 183 Å². The maximum atomic E-state index is 13.1. The highest BCUT2D eigenvalue weighted by Crippen LogP contribution is 2.34. The van der Waals surface area contributed by atoms with E-state index in [1.54, 1.807) is 19.2 Å². The van der Waals surface area contributed by atoms with Crippen molar-refractivity contribution in [2.45, 2.75) is 26.5 Å². The topological polar surface area (TPSA) is 39.7 Å². The molecule has 0 atom stereocenters. The highest BCUT2D eigenvalue weighted by Gasteiger charge is 2.13. The van der Waals surface area contributed by atoms with Crippen molar-refractivity contribution in [1.82, 2.24) is 0 Å². The molecule has 0 spiro atoms. The molecule has 0 fully saturated rings. The zero-order valence-corrected chi connectivity index (χ0v) is 18.0. The highest BCUT2D eigenvalue weighted by molar-refractivity contribution is 5.52. The molecule has 0 radical (unpaired) electrons. The van der Waals surface area contributed by atoms with Gasteiger partial charge in [-0.05, 0) is 73.0 Å². The molecule has 162 valence electrons. The van der Waals surface area contributed by atoms with E-state index in [4.69, 9.17) is 14.2 Å². The first-order valence-corrected chi connectivity index (χ1v) is 10.3. The van der Waals surface area contributed by atoms with Crippen LogP contribution in [0.3, 0.4) is 0 Å². The first-order valence-electron chi connectivity index (χ1n) is 10.3. The van der Waals surface area contributed by atoms with Crippen LogP contribution >= 0.6 is 0 Å². The summed E-state index contributed by atoms with van der Waals surface area (Å²) in [7, 11) is 1.63. The number of nitrogens with one attached hydrogen (secondary N) is 1. The third kappa shape index (κ3) is 6.25. The van der Waals surface area contributed by atoms with Gasteiger partial charge in [-0.3, -0.25) is 0 Å². The fourth-order valence-corrected chi connectivity index (χ4v) is 3.22. The van der Waals surface area contributed by atoms with Crippen LogP contribution in [-0.2, 0) is 19.6 Å². The van der Waals surface area contributed by atoms with E-state index in [0.717, 1.165) is 28.1 Å². The molecule has 0 aliphatic rings. The minimum absolute atomic E-state index is 0.266. The van der Waals surface area contributed by atoms with Gasteiger partial charge in [0.1, 0.15) is 18.2 Å². The van der Waals surface area contributed by atoms with Crippen LogP contribution in [0, 0.1) is 5.82 Å². The fourth-order valence-electron chi connectivity index (χ4n) is 3.22. The minimum atomic E-state index is -0.266. The van der Waals surface area contributed by atoms with Crippen molar-refractivity contribution in [1.29, 1.82) is 0 Å². The number of anilines is 1. The fraction of sp³-hybridized carbons (Fsp3) is 0.231. The molecule has 0 amide bonds. The Morgan fingerprint density at radius 1 is 0.968 bits per heavy atom. The Kier molecular flexibility index (Phi) is 7.93. The average molecular weight is 422 g/mol. The van der Waals surface area contributed by atoms with Gasteiger partial charge < -0.3 is 19.5 Å². The van der Waals surface area contributed by atoms with E-state index in [2.05, 4.69) is 18.0 Å². The summed E-state index contributed by atoms with van der Waals surface area (Å²) in [4.78, 5) is 0. The summed E-state index contributed by atoms with van der Waals surface area (Å²) in [6, 6.07) is 18.2. The SMILES string of the molecule is C=CCc1cc(CNc2ccc(OCC)cc2)cc(OC)c1OCc1ccc(F)cc1. The van der Waals surface area contributed by atoms with Crippen LogP contribution in [0.2, 0.25) is 0 Å². The van der Waals surface area contributed by atoms with Crippen molar-refractivity contribution in [3.8, 4) is 17.2 Å². The molecule has 3 rings (SSSR count). The first kappa shape index (κ1) is 22.2. The molecule has 5 heteroatoms. The van der Waals surface area contributed by atoms with E-state index in [0.29, 0.717) is 37.7 Å². The van der Waals surface area contributed by atoms with Gasteiger partial charge in [0.25, 0.3) is 0 Å². The molecular weight excluding hydrogens is 393 g/mol. The maximum absolute atomic E-state index is 13.1. The van der Waals surface area contributed by atoms with Crippen LogP contribution in [0.15, 0.2) is 73.3 Å². The van der Waals surface area contributed by atoms with Crippen molar-refractivity contribution in [2.75, 3.05) is 19.0 Å². The van der Waals surface area contributed by atoms with Gasteiger partial charge in [-0.2, -0.15) is 0 Å². The lowest BCUT2D eigenvalue weighted by molar-refractivity contribution is 0.281. The molecule has 31 heavy (non-hydrogen) atoms. The maximum Gasteiger partial charge on any atom is 0.165 e. The van der Waals surface area contributed by atoms with E-state index >= 15 is 0 Å². The number of hydrogen-bond donors (Lipinski definition) is 1. The Hall–Kier alpha value is -3.47. The minimum Gasteiger partial charge on any atom is -0.494 e. The molecule has 3 aromatic carbocycles. The average Bonchev–Trinajstić information content (AvgIpc) is 2.79. The van der Waals surface area contributed by atoms with Crippen LogP contribution in [0.4, 0.5) is 10.1 Å². The van der Waals surface area contributed by atoms with Crippen molar-refractivity contribution in [2.24, 2.45) is 0 Å². The number of hydrogen-bond acceptors (Lipinski definition) is 4. The lowest BCUT2D eigenvalue weighted by Crippen LogP contribution is -2.05. The van der Waals surface area contributed by atoms with Crippen molar-refractivity contribution < 1.29 is 18.6 Å². The zero-order chi connectivity index (χ0) is 22.1. The predicted octanol–water partition coefficient (Wildman–Crippen LogP) is 6.15. The van der Waals surface area contributed by atoms with Crippen LogP contribution in [0.5, 0.6) is 17.2 Å². The van der Waals surface area contributed by atoms with Gasteiger partial charge in [-0.1, -0.05) is 18.2 Å². The highest BCUT2D eigenvalue weighted by atomic mass is 19.1. The summed E-state index contributed by atoms with van der Waals surface area (Å²) in [6.45, 7) is 7.43. The summed E-state index contributed by atoms with van der Waals surface area (Å²) < 4.78 is 30.3. The molecule has 0 aliphatic heterocycles. The van der Waals surface area contributed by atoms with Gasteiger partial charge in [0, 0.05) is 17.8 Å². The van der Waals surface area contributed by atoms with Crippen LogP contribution < -0.4 is 19.5 Å². The van der Waals surface area contributed by atoms with Gasteiger partial charge >= 0.3 is 0 Å². The Bertz CT molecular complexity index is 985. The third-order valence-electron chi connectivity index (χ3n) is 4.73. The van der Waals surface area contributed by atoms with Gasteiger partial charge in [0.15, 0.2) is 11.5 Å². The first-order chi connectivity index (χ1) is 15.1. The lowest BCUT2D eigenvalue weighted by Gasteiger charge is -2.17. The largest absolute Gasteiger partial charge is 0.494 e. The summed E-state index contributed by atoms with van der Waals surface area (Å²) in [5.74, 6) is 1.92. The molecule has 0 bridgehead atoms. The quantitative estimate of drug-likeness (QED) is 0.377. The zero-order valence-electron chi connectivity index (χ0n) is 18.0. The number of rotatable bonds is 11. The Morgan fingerprint density at radius 2 is 1.71 bits per heavy atom. The molecule has 0 unspecified atom stereocenters. The number of methoxy groups -OCH3 is 1. The molecule has 4 nitrogen and oxygen atoms in total. The van der Waals surface area contributed by atoms with Gasteiger partial charge in [-0.15, -0.1) is 6.58 Å². The predicted molar refractivity (Wildman–Crippen MR) is 123 cm³/mol. The monoisotopic (exact) mass is 421 g/mol. The summed E-state index contributed by atoms with van der Waals surface area (Å²) in [5, 5.41) is 3.42. The van der Waals surface area contributed by atoms with Crippen molar-refractivity contribution in [3.63, 3.8) is 0 Å². The second kappa shape index (κ2) is 11.1. The summed E-state index contributed by atoms with van der Waals surface area (Å²) in [6.07, 6.45) is 2.48. The number of benzene rings is 3. The smallest absolute Gasteiger partial charge is 0.165 e. The molecule has 0 aromatic heterocycles. The van der Waals surface area contributed by atoms with Gasteiger partial charge in [0.05, 0.1) is 13.7 Å².